The third-order valence-corrected chi connectivity index (χ3v) is 12.9. The highest BCUT2D eigenvalue weighted by atomic mass is 19.1. The van der Waals surface area contributed by atoms with Gasteiger partial charge in [-0.3, -0.25) is 34.3 Å². The molecule has 3 N–H and O–H groups in total. The average molecular weight is 832 g/mol. The zero-order chi connectivity index (χ0) is 42.5. The number of piperazine rings is 1. The molecule has 7 atom stereocenters. The van der Waals surface area contributed by atoms with Crippen LogP contribution >= 0.6 is 0 Å². The standard InChI is InChI=1S/C45H47F2N9O5/c1-25-19-53(37-18-32-29(17-34(37)47)22-55(42(32)38(58)23-57)36-14-15-39(59)51-45(36)60)20-26(2)54(25)21-27-8-13-35(33(46)16-27)56-44-40(43(48)49-24-50-44)41(52-56)28-9-11-31(12-10-28)61-30-6-4-3-5-7-30/h3-7,9-12,17-18,23-27,33,35-36,42H,8,13-16,19-22H2,1-2H3,(H2,48,49,50)(H,51,59,60). The average Bonchev–Trinajstić information content (AvgIpc) is 3.81. The van der Waals surface area contributed by atoms with Crippen molar-refractivity contribution in [1.82, 2.24) is 34.9 Å². The predicted octanol–water partition coefficient (Wildman–Crippen LogP) is 5.72. The van der Waals surface area contributed by atoms with Gasteiger partial charge < -0.3 is 15.4 Å². The van der Waals surface area contributed by atoms with Crippen LogP contribution in [0.1, 0.15) is 69.2 Å². The van der Waals surface area contributed by atoms with E-state index in [4.69, 9.17) is 15.6 Å². The highest BCUT2D eigenvalue weighted by Crippen LogP contribution is 2.43. The van der Waals surface area contributed by atoms with Crippen LogP contribution < -0.4 is 20.7 Å². The summed E-state index contributed by atoms with van der Waals surface area (Å²) in [4.78, 5) is 64.2. The highest BCUT2D eigenvalue weighted by molar-refractivity contribution is 6.27. The maximum absolute atomic E-state index is 16.5. The van der Waals surface area contributed by atoms with Crippen LogP contribution in [0, 0.1) is 11.7 Å². The lowest BCUT2D eigenvalue weighted by atomic mass is 9.83. The third kappa shape index (κ3) is 7.63. The molecule has 4 aliphatic rings. The molecule has 3 aliphatic heterocycles. The molecule has 2 saturated heterocycles. The molecule has 2 amide bonds. The number of hydrogen-bond donors (Lipinski definition) is 2. The van der Waals surface area contributed by atoms with E-state index in [1.54, 1.807) is 15.6 Å². The van der Waals surface area contributed by atoms with Crippen molar-refractivity contribution < 1.29 is 32.7 Å². The zero-order valence-corrected chi connectivity index (χ0v) is 33.9. The van der Waals surface area contributed by atoms with Gasteiger partial charge in [-0.15, -0.1) is 0 Å². The van der Waals surface area contributed by atoms with Gasteiger partial charge in [0.15, 0.2) is 11.9 Å². The van der Waals surface area contributed by atoms with Gasteiger partial charge >= 0.3 is 0 Å². The molecule has 1 saturated carbocycles. The molecule has 14 nitrogen and oxygen atoms in total. The van der Waals surface area contributed by atoms with E-state index >= 15 is 8.78 Å². The number of halogens is 2. The fourth-order valence-corrected chi connectivity index (χ4v) is 9.96. The number of ketones is 1. The van der Waals surface area contributed by atoms with Crippen LogP contribution in [0.4, 0.5) is 20.3 Å². The number of nitrogens with zero attached hydrogens (tertiary/aromatic N) is 7. The number of rotatable bonds is 10. The molecule has 2 aromatic heterocycles. The van der Waals surface area contributed by atoms with E-state index in [2.05, 4.69) is 34.0 Å². The van der Waals surface area contributed by atoms with Crippen LogP contribution in [0.25, 0.3) is 22.3 Å². The molecular weight excluding hydrogens is 785 g/mol. The summed E-state index contributed by atoms with van der Waals surface area (Å²) >= 11 is 0. The van der Waals surface area contributed by atoms with Crippen molar-refractivity contribution in [3.63, 3.8) is 0 Å². The van der Waals surface area contributed by atoms with E-state index in [1.165, 1.54) is 12.4 Å². The molecule has 1 aliphatic carbocycles. The van der Waals surface area contributed by atoms with Gasteiger partial charge in [0.2, 0.25) is 17.6 Å². The predicted molar refractivity (Wildman–Crippen MR) is 223 cm³/mol. The molecule has 5 heterocycles. The van der Waals surface area contributed by atoms with Crippen molar-refractivity contribution in [3.8, 4) is 22.8 Å². The minimum absolute atomic E-state index is 0.0127. The van der Waals surface area contributed by atoms with Gasteiger partial charge in [0, 0.05) is 50.2 Å². The first-order chi connectivity index (χ1) is 29.5. The number of imide groups is 1. The Morgan fingerprint density at radius 2 is 1.72 bits per heavy atom. The first-order valence-electron chi connectivity index (χ1n) is 20.8. The van der Waals surface area contributed by atoms with E-state index in [9.17, 15) is 19.2 Å². The first-order valence-corrected chi connectivity index (χ1v) is 20.8. The molecule has 3 aromatic carbocycles. The third-order valence-electron chi connectivity index (χ3n) is 12.9. The quantitative estimate of drug-likeness (QED) is 0.100. The normalized spacial score (nSPS) is 26.0. The highest BCUT2D eigenvalue weighted by Gasteiger charge is 2.45. The largest absolute Gasteiger partial charge is 0.457 e. The number of alkyl halides is 1. The minimum Gasteiger partial charge on any atom is -0.457 e. The van der Waals surface area contributed by atoms with Crippen LogP contribution in [-0.2, 0) is 25.7 Å². The maximum atomic E-state index is 16.5. The van der Waals surface area contributed by atoms with Crippen molar-refractivity contribution in [3.05, 3.63) is 90.0 Å². The Balaban J connectivity index is 0.875. The van der Waals surface area contributed by atoms with Gasteiger partial charge in [0.1, 0.15) is 47.4 Å². The number of ether oxygens (including phenoxy) is 1. The lowest BCUT2D eigenvalue weighted by molar-refractivity contribution is -0.141. The SMILES string of the molecule is CC1CN(c2cc3c(cc2F)CN(C2CCC(=O)NC2=O)C3C(=O)C=O)CC(C)N1CC1CCC(n2nc(-c3ccc(Oc4ccccc4)cc3)c3c(N)ncnc32)C(F)C1. The number of nitrogens with one attached hydrogen (secondary N) is 1. The number of piperidine rings is 1. The second kappa shape index (κ2) is 16.4. The molecule has 0 bridgehead atoms. The molecule has 7 unspecified atom stereocenters. The number of anilines is 2. The summed E-state index contributed by atoms with van der Waals surface area (Å²) < 4.78 is 40.1. The first kappa shape index (κ1) is 40.3. The zero-order valence-electron chi connectivity index (χ0n) is 33.9. The summed E-state index contributed by atoms with van der Waals surface area (Å²) in [5.74, 6) is -0.385. The number of aldehydes is 1. The number of benzene rings is 3. The number of fused-ring (bicyclic) bond motifs is 2. The van der Waals surface area contributed by atoms with E-state index < -0.39 is 47.7 Å². The second-order valence-electron chi connectivity index (χ2n) is 16.8. The van der Waals surface area contributed by atoms with Crippen LogP contribution in [-0.4, -0.2) is 97.4 Å². The Labute approximate surface area is 351 Å². The Hall–Kier alpha value is -6.13. The molecule has 0 spiro atoms. The lowest BCUT2D eigenvalue weighted by Gasteiger charge is -2.47. The van der Waals surface area contributed by atoms with Gasteiger partial charge in [-0.25, -0.2) is 23.4 Å². The van der Waals surface area contributed by atoms with Crippen LogP contribution in [0.2, 0.25) is 0 Å². The molecular formula is C45H47F2N9O5. The molecule has 9 rings (SSSR count). The lowest BCUT2D eigenvalue weighted by Crippen LogP contribution is -2.58. The van der Waals surface area contributed by atoms with Crippen molar-refractivity contribution in [1.29, 1.82) is 0 Å². The van der Waals surface area contributed by atoms with Crippen LogP contribution in [0.3, 0.4) is 0 Å². The van der Waals surface area contributed by atoms with E-state index in [-0.39, 0.29) is 49.5 Å². The van der Waals surface area contributed by atoms with Gasteiger partial charge in [-0.2, -0.15) is 5.10 Å². The van der Waals surface area contributed by atoms with E-state index in [1.807, 2.05) is 59.5 Å². The Kier molecular flexibility index (Phi) is 10.8. The van der Waals surface area contributed by atoms with Crippen LogP contribution in [0.5, 0.6) is 11.5 Å². The van der Waals surface area contributed by atoms with Gasteiger partial charge in [0.25, 0.3) is 0 Å². The number of carbonyl (C=O) groups is 4. The second-order valence-corrected chi connectivity index (χ2v) is 16.8. The summed E-state index contributed by atoms with van der Waals surface area (Å²) in [5.41, 5.74) is 9.58. The number of nitrogens with two attached hydrogens (primary N) is 1. The molecule has 16 heteroatoms. The number of hydrogen-bond acceptors (Lipinski definition) is 12. The Bertz CT molecular complexity index is 2490. The summed E-state index contributed by atoms with van der Waals surface area (Å²) in [6.45, 7) is 5.90. The van der Waals surface area contributed by atoms with Gasteiger partial charge in [-0.05, 0) is 105 Å². The van der Waals surface area contributed by atoms with E-state index in [0.717, 1.165) is 17.7 Å². The smallest absolute Gasteiger partial charge is 0.243 e. The summed E-state index contributed by atoms with van der Waals surface area (Å²) in [7, 11) is 0. The fourth-order valence-electron chi connectivity index (χ4n) is 9.96. The summed E-state index contributed by atoms with van der Waals surface area (Å²) in [6.07, 6.45) is 2.38. The van der Waals surface area contributed by atoms with Crippen molar-refractivity contribution >= 4 is 46.4 Å². The molecule has 61 heavy (non-hydrogen) atoms. The molecule has 3 fully saturated rings. The van der Waals surface area contributed by atoms with Crippen molar-refractivity contribution in [2.24, 2.45) is 5.92 Å². The minimum atomic E-state index is -1.19. The number of aromatic nitrogens is 4. The summed E-state index contributed by atoms with van der Waals surface area (Å²) in [5, 5.41) is 7.82. The number of carbonyl (C=O) groups excluding carboxylic acids is 4. The molecule has 5 aromatic rings. The van der Waals surface area contributed by atoms with Crippen LogP contribution in [0.15, 0.2) is 73.1 Å². The topological polar surface area (TPSA) is 169 Å². The van der Waals surface area contributed by atoms with E-state index in [0.29, 0.717) is 71.8 Å². The maximum Gasteiger partial charge on any atom is 0.243 e. The van der Waals surface area contributed by atoms with Crippen molar-refractivity contribution in [2.45, 2.75) is 88.9 Å². The van der Waals surface area contributed by atoms with Gasteiger partial charge in [-0.1, -0.05) is 18.2 Å². The molecule has 316 valence electrons. The Morgan fingerprint density at radius 3 is 2.43 bits per heavy atom. The number of Topliss-reactive ketones (excluding diaryl/α,β-unsaturated/α-hetero) is 1. The fraction of sp³-hybridized carbons (Fsp3) is 0.400. The number of amides is 2. The number of nitrogen functional groups attached to an aromatic ring is 1. The van der Waals surface area contributed by atoms with Gasteiger partial charge in [0.05, 0.1) is 23.2 Å². The number of para-hydroxylation sites is 1. The Morgan fingerprint density at radius 1 is 0.984 bits per heavy atom. The summed E-state index contributed by atoms with van der Waals surface area (Å²) in [6, 6.07) is 17.6. The molecule has 0 radical (unpaired) electrons. The monoisotopic (exact) mass is 831 g/mol. The van der Waals surface area contributed by atoms with Crippen molar-refractivity contribution in [2.75, 3.05) is 30.3 Å².